The largest absolute Gasteiger partial charge is 0.497 e. The number of rotatable bonds is 9. The summed E-state index contributed by atoms with van der Waals surface area (Å²) in [6, 6.07) is 12.4. The van der Waals surface area contributed by atoms with Crippen LogP contribution in [0.2, 0.25) is 0 Å². The molecule has 0 spiro atoms. The molecule has 0 unspecified atom stereocenters. The van der Waals surface area contributed by atoms with Gasteiger partial charge in [-0.1, -0.05) is 13.8 Å². The van der Waals surface area contributed by atoms with Crippen LogP contribution in [0.25, 0.3) is 10.9 Å². The molecule has 0 aliphatic heterocycles. The Bertz CT molecular complexity index is 1110. The topological polar surface area (TPSA) is 77.7 Å². The van der Waals surface area contributed by atoms with Crippen LogP contribution >= 0.6 is 0 Å². The number of ether oxygens (including phenoxy) is 1. The second kappa shape index (κ2) is 10.8. The van der Waals surface area contributed by atoms with Crippen molar-refractivity contribution >= 4 is 22.6 Å². The van der Waals surface area contributed by atoms with Gasteiger partial charge in [0.25, 0.3) is 5.56 Å². The van der Waals surface area contributed by atoms with Gasteiger partial charge in [0.15, 0.2) is 0 Å². The maximum absolute atomic E-state index is 13.2. The van der Waals surface area contributed by atoms with Crippen molar-refractivity contribution in [1.82, 2.24) is 14.8 Å². The number of likely N-dealkylation sites (N-methyl/N-ethyl adjacent to an activating group) is 1. The minimum atomic E-state index is -0.375. The molecule has 0 fully saturated rings. The summed E-state index contributed by atoms with van der Waals surface area (Å²) in [6.07, 6.45) is 0. The zero-order chi connectivity index (χ0) is 23.1. The standard InChI is InChI=1S/C24H29FN4O3/c1-4-28(5-2)12-13-29(24(31)26-20-8-6-19(25)7-9-20)16-18-14-17-15-21(32-3)10-11-22(17)27-23(18)30/h6-11,14-15H,4-5,12-13,16H2,1-3H3,(H,26,31)(H,27,30). The van der Waals surface area contributed by atoms with Gasteiger partial charge in [0.2, 0.25) is 0 Å². The van der Waals surface area contributed by atoms with Gasteiger partial charge >= 0.3 is 6.03 Å². The van der Waals surface area contributed by atoms with Gasteiger partial charge in [-0.15, -0.1) is 0 Å². The van der Waals surface area contributed by atoms with Crippen molar-refractivity contribution in [3.05, 3.63) is 70.3 Å². The molecular formula is C24H29FN4O3. The molecule has 0 aliphatic carbocycles. The molecule has 2 aromatic carbocycles. The first-order valence-electron chi connectivity index (χ1n) is 10.7. The lowest BCUT2D eigenvalue weighted by Crippen LogP contribution is -2.41. The number of H-pyrrole nitrogens is 1. The number of carbonyl (C=O) groups is 1. The van der Waals surface area contributed by atoms with Crippen LogP contribution in [-0.2, 0) is 6.54 Å². The van der Waals surface area contributed by atoms with Crippen molar-refractivity contribution < 1.29 is 13.9 Å². The van der Waals surface area contributed by atoms with Gasteiger partial charge in [0, 0.05) is 35.2 Å². The number of methoxy groups -OCH3 is 1. The molecule has 3 aromatic rings. The highest BCUT2D eigenvalue weighted by Gasteiger charge is 2.17. The fourth-order valence-corrected chi connectivity index (χ4v) is 3.47. The van der Waals surface area contributed by atoms with E-state index in [1.165, 1.54) is 24.3 Å². The van der Waals surface area contributed by atoms with Crippen LogP contribution in [0.5, 0.6) is 5.75 Å². The molecular weight excluding hydrogens is 411 g/mol. The van der Waals surface area contributed by atoms with Crippen LogP contribution in [0.3, 0.4) is 0 Å². The maximum Gasteiger partial charge on any atom is 0.322 e. The Morgan fingerprint density at radius 1 is 1.06 bits per heavy atom. The molecule has 8 heteroatoms. The number of nitrogens with one attached hydrogen (secondary N) is 2. The van der Waals surface area contributed by atoms with Crippen LogP contribution < -0.4 is 15.6 Å². The number of hydrogen-bond donors (Lipinski definition) is 2. The predicted octanol–water partition coefficient (Wildman–Crippen LogP) is 4.05. The molecule has 7 nitrogen and oxygen atoms in total. The molecule has 2 amide bonds. The number of aromatic amines is 1. The Labute approximate surface area is 186 Å². The number of pyridine rings is 1. The number of urea groups is 1. The highest BCUT2D eigenvalue weighted by Crippen LogP contribution is 2.19. The number of benzene rings is 2. The summed E-state index contributed by atoms with van der Waals surface area (Å²) in [6.45, 7) is 7.09. The number of halogens is 1. The second-order valence-electron chi connectivity index (χ2n) is 7.46. The Hall–Kier alpha value is -3.39. The second-order valence-corrected chi connectivity index (χ2v) is 7.46. The van der Waals surface area contributed by atoms with Gasteiger partial charge in [-0.05, 0) is 61.6 Å². The zero-order valence-electron chi connectivity index (χ0n) is 18.7. The van der Waals surface area contributed by atoms with Crippen LogP contribution in [0.1, 0.15) is 19.4 Å². The first-order chi connectivity index (χ1) is 15.4. The average molecular weight is 441 g/mol. The van der Waals surface area contributed by atoms with E-state index >= 15 is 0 Å². The van der Waals surface area contributed by atoms with Gasteiger partial charge in [-0.25, -0.2) is 9.18 Å². The summed E-state index contributed by atoms with van der Waals surface area (Å²) in [7, 11) is 1.59. The van der Waals surface area contributed by atoms with Crippen molar-refractivity contribution in [3.8, 4) is 5.75 Å². The summed E-state index contributed by atoms with van der Waals surface area (Å²) in [5.41, 5.74) is 1.41. The average Bonchev–Trinajstić information content (AvgIpc) is 2.80. The van der Waals surface area contributed by atoms with Gasteiger partial charge in [-0.3, -0.25) is 4.79 Å². The fraction of sp³-hybridized carbons (Fsp3) is 0.333. The van der Waals surface area contributed by atoms with Crippen LogP contribution in [0.4, 0.5) is 14.9 Å². The Morgan fingerprint density at radius 3 is 2.44 bits per heavy atom. The van der Waals surface area contributed by atoms with Crippen LogP contribution in [0, 0.1) is 5.82 Å². The van der Waals surface area contributed by atoms with Gasteiger partial charge in [0.1, 0.15) is 11.6 Å². The lowest BCUT2D eigenvalue weighted by Gasteiger charge is -2.26. The minimum Gasteiger partial charge on any atom is -0.497 e. The van der Waals surface area contributed by atoms with E-state index in [2.05, 4.69) is 29.0 Å². The summed E-state index contributed by atoms with van der Waals surface area (Å²) >= 11 is 0. The van der Waals surface area contributed by atoms with Crippen LogP contribution in [-0.4, -0.2) is 54.1 Å². The highest BCUT2D eigenvalue weighted by molar-refractivity contribution is 5.89. The molecule has 0 aliphatic rings. The van der Waals surface area contributed by atoms with Crippen molar-refractivity contribution in [3.63, 3.8) is 0 Å². The van der Waals surface area contributed by atoms with Crippen molar-refractivity contribution in [2.75, 3.05) is 38.6 Å². The first kappa shape index (κ1) is 23.3. The third-order valence-corrected chi connectivity index (χ3v) is 5.45. The predicted molar refractivity (Wildman–Crippen MR) is 125 cm³/mol. The number of hydrogen-bond acceptors (Lipinski definition) is 4. The Balaban J connectivity index is 1.86. The lowest BCUT2D eigenvalue weighted by molar-refractivity contribution is 0.194. The number of carbonyl (C=O) groups excluding carboxylic acids is 1. The summed E-state index contributed by atoms with van der Waals surface area (Å²) < 4.78 is 18.5. The monoisotopic (exact) mass is 440 g/mol. The molecule has 0 saturated carbocycles. The lowest BCUT2D eigenvalue weighted by atomic mass is 10.1. The molecule has 32 heavy (non-hydrogen) atoms. The zero-order valence-corrected chi connectivity index (χ0v) is 18.7. The third-order valence-electron chi connectivity index (χ3n) is 5.45. The van der Waals surface area contributed by atoms with Gasteiger partial charge in [0.05, 0.1) is 13.7 Å². The smallest absolute Gasteiger partial charge is 0.322 e. The Kier molecular flexibility index (Phi) is 7.83. The number of fused-ring (bicyclic) bond motifs is 1. The van der Waals surface area contributed by atoms with E-state index in [4.69, 9.17) is 4.74 Å². The van der Waals surface area contributed by atoms with E-state index < -0.39 is 0 Å². The molecule has 0 atom stereocenters. The van der Waals surface area contributed by atoms with E-state index in [9.17, 15) is 14.0 Å². The highest BCUT2D eigenvalue weighted by atomic mass is 19.1. The quantitative estimate of drug-likeness (QED) is 0.526. The molecule has 1 heterocycles. The van der Waals surface area contributed by atoms with Crippen molar-refractivity contribution in [2.24, 2.45) is 0 Å². The van der Waals surface area contributed by atoms with E-state index in [0.29, 0.717) is 35.6 Å². The molecule has 0 bridgehead atoms. The first-order valence-corrected chi connectivity index (χ1v) is 10.7. The number of aromatic nitrogens is 1. The van der Waals surface area contributed by atoms with Gasteiger partial charge in [-0.2, -0.15) is 0 Å². The maximum atomic E-state index is 13.2. The van der Waals surface area contributed by atoms with Crippen LogP contribution in [0.15, 0.2) is 53.3 Å². The summed E-state index contributed by atoms with van der Waals surface area (Å²) in [4.78, 5) is 32.4. The normalized spacial score (nSPS) is 11.0. The number of anilines is 1. The molecule has 170 valence electrons. The summed E-state index contributed by atoms with van der Waals surface area (Å²) in [5, 5.41) is 3.61. The molecule has 0 radical (unpaired) electrons. The molecule has 1 aromatic heterocycles. The third kappa shape index (κ3) is 5.85. The van der Waals surface area contributed by atoms with E-state index in [1.54, 1.807) is 30.2 Å². The number of amides is 2. The minimum absolute atomic E-state index is 0.136. The molecule has 0 saturated heterocycles. The van der Waals surface area contributed by atoms with Gasteiger partial charge < -0.3 is 24.8 Å². The van der Waals surface area contributed by atoms with E-state index in [1.807, 2.05) is 6.07 Å². The van der Waals surface area contributed by atoms with E-state index in [0.717, 1.165) is 18.5 Å². The Morgan fingerprint density at radius 2 is 1.78 bits per heavy atom. The molecule has 3 rings (SSSR count). The van der Waals surface area contributed by atoms with Crippen molar-refractivity contribution in [2.45, 2.75) is 20.4 Å². The fourth-order valence-electron chi connectivity index (χ4n) is 3.47. The number of nitrogens with zero attached hydrogens (tertiary/aromatic N) is 2. The summed E-state index contributed by atoms with van der Waals surface area (Å²) in [5.74, 6) is 0.308. The molecule has 2 N–H and O–H groups in total. The van der Waals surface area contributed by atoms with Crippen molar-refractivity contribution in [1.29, 1.82) is 0 Å². The van der Waals surface area contributed by atoms with E-state index in [-0.39, 0.29) is 24.0 Å². The SMILES string of the molecule is CCN(CC)CCN(Cc1cc2cc(OC)ccc2[nH]c1=O)C(=O)Nc1ccc(F)cc1.